The summed E-state index contributed by atoms with van der Waals surface area (Å²) in [7, 11) is 1.53. The molecule has 5 nitrogen and oxygen atoms in total. The molecule has 2 rings (SSSR count). The van der Waals surface area contributed by atoms with Crippen molar-refractivity contribution < 1.29 is 19.4 Å². The molecule has 0 aromatic heterocycles. The fourth-order valence-electron chi connectivity index (χ4n) is 2.11. The Morgan fingerprint density at radius 1 is 1.42 bits per heavy atom. The predicted molar refractivity (Wildman–Crippen MR) is 70.3 cm³/mol. The third-order valence-electron chi connectivity index (χ3n) is 3.29. The molecule has 1 saturated carbocycles. The number of ether oxygens (including phenoxy) is 1. The second kappa shape index (κ2) is 5.40. The quantitative estimate of drug-likeness (QED) is 0.852. The zero-order valence-electron chi connectivity index (χ0n) is 11.0. The van der Waals surface area contributed by atoms with Crippen LogP contribution in [0.3, 0.4) is 0 Å². The van der Waals surface area contributed by atoms with Crippen LogP contribution in [-0.2, 0) is 9.53 Å². The smallest absolute Gasteiger partial charge is 0.335 e. The molecule has 0 saturated heterocycles. The van der Waals surface area contributed by atoms with Crippen LogP contribution in [0, 0.1) is 12.8 Å². The number of rotatable bonds is 5. The third kappa shape index (κ3) is 3.12. The first-order valence-electron chi connectivity index (χ1n) is 6.20. The second-order valence-corrected chi connectivity index (χ2v) is 4.82. The Kier molecular flexibility index (Phi) is 3.85. The molecule has 1 atom stereocenters. The van der Waals surface area contributed by atoms with Gasteiger partial charge in [-0.05, 0) is 49.4 Å². The highest BCUT2D eigenvalue weighted by molar-refractivity contribution is 5.96. The van der Waals surface area contributed by atoms with E-state index in [0.717, 1.165) is 12.8 Å². The van der Waals surface area contributed by atoms with Crippen molar-refractivity contribution in [2.45, 2.75) is 25.9 Å². The number of carbonyl (C=O) groups is 2. The van der Waals surface area contributed by atoms with Gasteiger partial charge in [-0.1, -0.05) is 0 Å². The Balaban J connectivity index is 2.08. The Hall–Kier alpha value is -1.88. The van der Waals surface area contributed by atoms with Crippen LogP contribution < -0.4 is 5.32 Å². The Bertz CT molecular complexity index is 508. The Morgan fingerprint density at radius 2 is 2.11 bits per heavy atom. The molecule has 1 amide bonds. The summed E-state index contributed by atoms with van der Waals surface area (Å²) < 4.78 is 5.19. The van der Waals surface area contributed by atoms with Crippen LogP contribution in [0.15, 0.2) is 18.2 Å². The van der Waals surface area contributed by atoms with Crippen molar-refractivity contribution in [2.24, 2.45) is 5.92 Å². The summed E-state index contributed by atoms with van der Waals surface area (Å²) >= 11 is 0. The Labute approximate surface area is 111 Å². The van der Waals surface area contributed by atoms with Crippen LogP contribution in [-0.4, -0.2) is 30.2 Å². The summed E-state index contributed by atoms with van der Waals surface area (Å²) in [6, 6.07) is 4.74. The lowest BCUT2D eigenvalue weighted by Crippen LogP contribution is -2.31. The number of carbonyl (C=O) groups excluding carboxylic acids is 1. The molecule has 0 radical (unpaired) electrons. The van der Waals surface area contributed by atoms with E-state index in [1.54, 1.807) is 19.1 Å². The minimum absolute atomic E-state index is 0.174. The molecule has 1 aromatic carbocycles. The zero-order valence-corrected chi connectivity index (χ0v) is 11.0. The molecule has 1 unspecified atom stereocenters. The first-order chi connectivity index (χ1) is 9.02. The first-order valence-corrected chi connectivity index (χ1v) is 6.20. The molecule has 1 aliphatic rings. The van der Waals surface area contributed by atoms with Crippen molar-refractivity contribution in [3.05, 3.63) is 29.3 Å². The summed E-state index contributed by atoms with van der Waals surface area (Å²) in [6.07, 6.45) is 1.62. The van der Waals surface area contributed by atoms with Gasteiger partial charge in [-0.2, -0.15) is 0 Å². The molecule has 1 fully saturated rings. The molecule has 0 heterocycles. The summed E-state index contributed by atoms with van der Waals surface area (Å²) in [5.74, 6) is -0.833. The van der Waals surface area contributed by atoms with Crippen molar-refractivity contribution in [3.8, 4) is 0 Å². The molecule has 0 spiro atoms. The van der Waals surface area contributed by atoms with Crippen molar-refractivity contribution in [1.82, 2.24) is 0 Å². The normalized spacial score (nSPS) is 15.9. The monoisotopic (exact) mass is 263 g/mol. The van der Waals surface area contributed by atoms with Crippen molar-refractivity contribution in [3.63, 3.8) is 0 Å². The van der Waals surface area contributed by atoms with E-state index in [1.807, 2.05) is 0 Å². The van der Waals surface area contributed by atoms with E-state index in [0.29, 0.717) is 17.2 Å². The minimum atomic E-state index is -0.969. The fraction of sp³-hybridized carbons (Fsp3) is 0.429. The maximum absolute atomic E-state index is 12.0. The van der Waals surface area contributed by atoms with E-state index in [1.165, 1.54) is 13.2 Å². The molecule has 5 heteroatoms. The number of nitrogens with one attached hydrogen (secondary N) is 1. The molecule has 102 valence electrons. The van der Waals surface area contributed by atoms with E-state index < -0.39 is 12.1 Å². The molecular weight excluding hydrogens is 246 g/mol. The van der Waals surface area contributed by atoms with Gasteiger partial charge in [0.25, 0.3) is 5.91 Å². The van der Waals surface area contributed by atoms with Crippen molar-refractivity contribution in [2.75, 3.05) is 12.4 Å². The van der Waals surface area contributed by atoms with Crippen LogP contribution >= 0.6 is 0 Å². The van der Waals surface area contributed by atoms with Crippen LogP contribution in [0.4, 0.5) is 5.69 Å². The van der Waals surface area contributed by atoms with E-state index in [4.69, 9.17) is 9.84 Å². The second-order valence-electron chi connectivity index (χ2n) is 4.82. The van der Waals surface area contributed by atoms with Crippen LogP contribution in [0.5, 0.6) is 0 Å². The summed E-state index contributed by atoms with van der Waals surface area (Å²) in [4.78, 5) is 22.9. The summed E-state index contributed by atoms with van der Waals surface area (Å²) in [5, 5.41) is 11.7. The van der Waals surface area contributed by atoms with E-state index in [2.05, 4.69) is 5.32 Å². The lowest BCUT2D eigenvalue weighted by Gasteiger charge is -2.15. The average molecular weight is 263 g/mol. The van der Waals surface area contributed by atoms with Crippen LogP contribution in [0.1, 0.15) is 28.8 Å². The third-order valence-corrected chi connectivity index (χ3v) is 3.29. The minimum Gasteiger partial charge on any atom is -0.478 e. The topological polar surface area (TPSA) is 75.6 Å². The lowest BCUT2D eigenvalue weighted by molar-refractivity contribution is -0.126. The fourth-order valence-corrected chi connectivity index (χ4v) is 2.11. The van der Waals surface area contributed by atoms with Gasteiger partial charge in [-0.25, -0.2) is 4.79 Å². The molecular formula is C14H17NO4. The predicted octanol–water partition coefficient (Wildman–Crippen LogP) is 2.06. The van der Waals surface area contributed by atoms with Gasteiger partial charge in [0.2, 0.25) is 0 Å². The van der Waals surface area contributed by atoms with E-state index in [-0.39, 0.29) is 11.5 Å². The maximum atomic E-state index is 12.0. The molecule has 0 aliphatic heterocycles. The molecule has 0 bridgehead atoms. The lowest BCUT2D eigenvalue weighted by atomic mass is 10.1. The van der Waals surface area contributed by atoms with Crippen molar-refractivity contribution >= 4 is 17.6 Å². The Morgan fingerprint density at radius 3 is 2.58 bits per heavy atom. The number of anilines is 1. The number of aromatic carboxylic acids is 1. The van der Waals surface area contributed by atoms with Gasteiger partial charge in [0.15, 0.2) is 0 Å². The molecule has 1 aromatic rings. The van der Waals surface area contributed by atoms with Gasteiger partial charge in [-0.15, -0.1) is 0 Å². The van der Waals surface area contributed by atoms with Crippen molar-refractivity contribution in [1.29, 1.82) is 0 Å². The molecule has 1 aliphatic carbocycles. The highest BCUT2D eigenvalue weighted by atomic mass is 16.5. The van der Waals surface area contributed by atoms with E-state index >= 15 is 0 Å². The van der Waals surface area contributed by atoms with Gasteiger partial charge < -0.3 is 15.2 Å². The zero-order chi connectivity index (χ0) is 14.0. The SMILES string of the molecule is COC(C(=O)Nc1ccc(C(=O)O)c(C)c1)C1CC1. The highest BCUT2D eigenvalue weighted by Gasteiger charge is 2.36. The summed E-state index contributed by atoms with van der Waals surface area (Å²) in [5.41, 5.74) is 1.45. The van der Waals surface area contributed by atoms with Gasteiger partial charge in [0.05, 0.1) is 5.56 Å². The number of amides is 1. The number of benzene rings is 1. The average Bonchev–Trinajstić information content (AvgIpc) is 3.14. The van der Waals surface area contributed by atoms with E-state index in [9.17, 15) is 9.59 Å². The van der Waals surface area contributed by atoms with Gasteiger partial charge in [0.1, 0.15) is 6.10 Å². The number of aryl methyl sites for hydroxylation is 1. The van der Waals surface area contributed by atoms with Crippen LogP contribution in [0.2, 0.25) is 0 Å². The molecule has 2 N–H and O–H groups in total. The highest BCUT2D eigenvalue weighted by Crippen LogP contribution is 2.34. The number of hydrogen-bond donors (Lipinski definition) is 2. The number of carboxylic acids is 1. The first kappa shape index (κ1) is 13.5. The van der Waals surface area contributed by atoms with Crippen LogP contribution in [0.25, 0.3) is 0 Å². The summed E-state index contributed by atoms with van der Waals surface area (Å²) in [6.45, 7) is 1.70. The largest absolute Gasteiger partial charge is 0.478 e. The van der Waals surface area contributed by atoms with Gasteiger partial charge in [0, 0.05) is 12.8 Å². The number of hydrogen-bond acceptors (Lipinski definition) is 3. The maximum Gasteiger partial charge on any atom is 0.335 e. The standard InChI is InChI=1S/C14H17NO4/c1-8-7-10(5-6-11(8)14(17)18)15-13(16)12(19-2)9-3-4-9/h5-7,9,12H,3-4H2,1-2H3,(H,15,16)(H,17,18). The van der Waals surface area contributed by atoms with Gasteiger partial charge >= 0.3 is 5.97 Å². The molecule has 19 heavy (non-hydrogen) atoms. The number of methoxy groups -OCH3 is 1. The van der Waals surface area contributed by atoms with Gasteiger partial charge in [-0.3, -0.25) is 4.79 Å². The number of carboxylic acid groups (broad SMARTS) is 1.